The molecule has 3 aromatic rings. The SMILES string of the molecule is C[C@H](Nc1nc2ccccc2n1C)c1ccccc1O. The van der Waals surface area contributed by atoms with E-state index in [1.54, 1.807) is 6.07 Å². The Morgan fingerprint density at radius 2 is 1.80 bits per heavy atom. The lowest BCUT2D eigenvalue weighted by molar-refractivity contribution is 0.465. The van der Waals surface area contributed by atoms with Crippen LogP contribution in [-0.2, 0) is 7.05 Å². The molecule has 0 fully saturated rings. The van der Waals surface area contributed by atoms with Gasteiger partial charge in [-0.15, -0.1) is 0 Å². The van der Waals surface area contributed by atoms with Gasteiger partial charge in [0, 0.05) is 12.6 Å². The van der Waals surface area contributed by atoms with Gasteiger partial charge in [0.15, 0.2) is 0 Å². The summed E-state index contributed by atoms with van der Waals surface area (Å²) in [5.41, 5.74) is 2.90. The van der Waals surface area contributed by atoms with Crippen LogP contribution in [0.4, 0.5) is 5.95 Å². The molecule has 0 aliphatic heterocycles. The molecular formula is C16H17N3O. The Balaban J connectivity index is 1.93. The van der Waals surface area contributed by atoms with Gasteiger partial charge >= 0.3 is 0 Å². The van der Waals surface area contributed by atoms with E-state index in [9.17, 15) is 5.11 Å². The topological polar surface area (TPSA) is 50.1 Å². The van der Waals surface area contributed by atoms with Crippen LogP contribution in [0.3, 0.4) is 0 Å². The summed E-state index contributed by atoms with van der Waals surface area (Å²) in [5, 5.41) is 13.2. The molecule has 0 aliphatic carbocycles. The number of rotatable bonds is 3. The molecule has 3 rings (SSSR count). The average Bonchev–Trinajstić information content (AvgIpc) is 2.76. The molecule has 0 unspecified atom stereocenters. The zero-order valence-corrected chi connectivity index (χ0v) is 11.5. The molecule has 2 N–H and O–H groups in total. The summed E-state index contributed by atoms with van der Waals surface area (Å²) in [6.07, 6.45) is 0. The van der Waals surface area contributed by atoms with Gasteiger partial charge in [0.25, 0.3) is 0 Å². The largest absolute Gasteiger partial charge is 0.508 e. The number of benzene rings is 2. The molecule has 1 heterocycles. The Bertz CT molecular complexity index is 748. The van der Waals surface area contributed by atoms with E-state index in [1.807, 2.05) is 61.0 Å². The first-order valence-corrected chi connectivity index (χ1v) is 6.62. The van der Waals surface area contributed by atoms with Crippen LogP contribution in [0.15, 0.2) is 48.5 Å². The normalized spacial score (nSPS) is 12.5. The highest BCUT2D eigenvalue weighted by Gasteiger charge is 2.13. The molecule has 1 atom stereocenters. The second-order valence-corrected chi connectivity index (χ2v) is 4.91. The van der Waals surface area contributed by atoms with Crippen molar-refractivity contribution in [1.82, 2.24) is 9.55 Å². The summed E-state index contributed by atoms with van der Waals surface area (Å²) >= 11 is 0. The summed E-state index contributed by atoms with van der Waals surface area (Å²) < 4.78 is 2.02. The minimum Gasteiger partial charge on any atom is -0.508 e. The van der Waals surface area contributed by atoms with Crippen molar-refractivity contribution in [3.8, 4) is 5.75 Å². The number of hydrogen-bond acceptors (Lipinski definition) is 3. The molecule has 0 saturated carbocycles. The number of aromatic hydroxyl groups is 1. The highest BCUT2D eigenvalue weighted by molar-refractivity contribution is 5.78. The minimum absolute atomic E-state index is 0.0216. The Morgan fingerprint density at radius 1 is 1.10 bits per heavy atom. The van der Waals surface area contributed by atoms with Crippen molar-refractivity contribution in [2.24, 2.45) is 7.05 Å². The van der Waals surface area contributed by atoms with E-state index in [0.717, 1.165) is 22.5 Å². The lowest BCUT2D eigenvalue weighted by Crippen LogP contribution is -2.10. The average molecular weight is 267 g/mol. The fourth-order valence-electron chi connectivity index (χ4n) is 2.40. The molecule has 0 spiro atoms. The van der Waals surface area contributed by atoms with Gasteiger partial charge in [0.1, 0.15) is 5.75 Å². The number of para-hydroxylation sites is 3. The molecule has 4 heteroatoms. The number of aromatic nitrogens is 2. The third kappa shape index (κ3) is 2.09. The number of nitrogens with zero attached hydrogens (tertiary/aromatic N) is 2. The van der Waals surface area contributed by atoms with Crippen LogP contribution in [0.1, 0.15) is 18.5 Å². The third-order valence-electron chi connectivity index (χ3n) is 3.54. The monoisotopic (exact) mass is 267 g/mol. The molecule has 4 nitrogen and oxygen atoms in total. The van der Waals surface area contributed by atoms with Crippen molar-refractivity contribution in [3.05, 3.63) is 54.1 Å². The molecule has 102 valence electrons. The Kier molecular flexibility index (Phi) is 3.06. The van der Waals surface area contributed by atoms with Gasteiger partial charge in [-0.1, -0.05) is 30.3 Å². The molecule has 0 aliphatic rings. The fraction of sp³-hybridized carbons (Fsp3) is 0.188. The zero-order chi connectivity index (χ0) is 14.1. The third-order valence-corrected chi connectivity index (χ3v) is 3.54. The first-order chi connectivity index (χ1) is 9.66. The highest BCUT2D eigenvalue weighted by atomic mass is 16.3. The lowest BCUT2D eigenvalue weighted by Gasteiger charge is -2.16. The first kappa shape index (κ1) is 12.5. The maximum Gasteiger partial charge on any atom is 0.204 e. The maximum absolute atomic E-state index is 9.90. The van der Waals surface area contributed by atoms with Crippen molar-refractivity contribution in [2.45, 2.75) is 13.0 Å². The number of phenols is 1. The fourth-order valence-corrected chi connectivity index (χ4v) is 2.40. The number of aryl methyl sites for hydroxylation is 1. The molecule has 1 aromatic heterocycles. The van der Waals surface area contributed by atoms with Gasteiger partial charge in [-0.25, -0.2) is 4.98 Å². The molecular weight excluding hydrogens is 250 g/mol. The van der Waals surface area contributed by atoms with Crippen molar-refractivity contribution in [1.29, 1.82) is 0 Å². The summed E-state index contributed by atoms with van der Waals surface area (Å²) in [5.74, 6) is 1.09. The van der Waals surface area contributed by atoms with Gasteiger partial charge in [-0.2, -0.15) is 0 Å². The molecule has 20 heavy (non-hydrogen) atoms. The number of anilines is 1. The number of phenolic OH excluding ortho intramolecular Hbond substituents is 1. The molecule has 2 aromatic carbocycles. The quantitative estimate of drug-likeness (QED) is 0.764. The predicted octanol–water partition coefficient (Wildman–Crippen LogP) is 3.45. The van der Waals surface area contributed by atoms with Crippen molar-refractivity contribution in [3.63, 3.8) is 0 Å². The van der Waals surface area contributed by atoms with E-state index >= 15 is 0 Å². The van der Waals surface area contributed by atoms with Crippen molar-refractivity contribution >= 4 is 17.0 Å². The summed E-state index contributed by atoms with van der Waals surface area (Å²) in [6.45, 7) is 2.01. The molecule has 0 saturated heterocycles. The van der Waals surface area contributed by atoms with Crippen LogP contribution in [-0.4, -0.2) is 14.7 Å². The van der Waals surface area contributed by atoms with Crippen LogP contribution < -0.4 is 5.32 Å². The van der Waals surface area contributed by atoms with E-state index in [1.165, 1.54) is 0 Å². The van der Waals surface area contributed by atoms with Crippen LogP contribution in [0, 0.1) is 0 Å². The van der Waals surface area contributed by atoms with Gasteiger partial charge in [0.2, 0.25) is 5.95 Å². The van der Waals surface area contributed by atoms with E-state index < -0.39 is 0 Å². The Labute approximate surface area is 117 Å². The number of fused-ring (bicyclic) bond motifs is 1. The van der Waals surface area contributed by atoms with Crippen LogP contribution in [0.5, 0.6) is 5.75 Å². The standard InChI is InChI=1S/C16H17N3O/c1-11(12-7-3-6-10-15(12)20)17-16-18-13-8-4-5-9-14(13)19(16)2/h3-11,20H,1-2H3,(H,17,18)/t11-/m0/s1. The molecule has 0 amide bonds. The Morgan fingerprint density at radius 3 is 2.55 bits per heavy atom. The molecule has 0 radical (unpaired) electrons. The summed E-state index contributed by atoms with van der Waals surface area (Å²) in [7, 11) is 1.98. The summed E-state index contributed by atoms with van der Waals surface area (Å²) in [6, 6.07) is 15.3. The van der Waals surface area contributed by atoms with Gasteiger partial charge in [-0.05, 0) is 25.1 Å². The number of imidazole rings is 1. The van der Waals surface area contributed by atoms with Crippen molar-refractivity contribution in [2.75, 3.05) is 5.32 Å². The highest BCUT2D eigenvalue weighted by Crippen LogP contribution is 2.27. The zero-order valence-electron chi connectivity index (χ0n) is 11.5. The number of nitrogens with one attached hydrogen (secondary N) is 1. The molecule has 0 bridgehead atoms. The second kappa shape index (κ2) is 4.89. The van der Waals surface area contributed by atoms with Gasteiger partial charge < -0.3 is 15.0 Å². The van der Waals surface area contributed by atoms with Gasteiger partial charge in [0.05, 0.1) is 17.1 Å². The van der Waals surface area contributed by atoms with E-state index in [4.69, 9.17) is 0 Å². The minimum atomic E-state index is -0.0216. The summed E-state index contributed by atoms with van der Waals surface area (Å²) in [4.78, 5) is 4.58. The smallest absolute Gasteiger partial charge is 0.204 e. The van der Waals surface area contributed by atoms with Crippen LogP contribution in [0.25, 0.3) is 11.0 Å². The van der Waals surface area contributed by atoms with E-state index in [0.29, 0.717) is 5.75 Å². The van der Waals surface area contributed by atoms with Gasteiger partial charge in [-0.3, -0.25) is 0 Å². The Hall–Kier alpha value is -2.49. The van der Waals surface area contributed by atoms with E-state index in [-0.39, 0.29) is 6.04 Å². The van der Waals surface area contributed by atoms with E-state index in [2.05, 4.69) is 10.3 Å². The second-order valence-electron chi connectivity index (χ2n) is 4.91. The number of hydrogen-bond donors (Lipinski definition) is 2. The lowest BCUT2D eigenvalue weighted by atomic mass is 10.1. The van der Waals surface area contributed by atoms with Crippen molar-refractivity contribution < 1.29 is 5.11 Å². The predicted molar refractivity (Wildman–Crippen MR) is 80.9 cm³/mol. The maximum atomic E-state index is 9.90. The first-order valence-electron chi connectivity index (χ1n) is 6.62. The van der Waals surface area contributed by atoms with Crippen LogP contribution >= 0.6 is 0 Å². The van der Waals surface area contributed by atoms with Crippen LogP contribution in [0.2, 0.25) is 0 Å².